The van der Waals surface area contributed by atoms with Crippen LogP contribution in [0, 0.1) is 6.92 Å². The lowest BCUT2D eigenvalue weighted by atomic mass is 10.5. The van der Waals surface area contributed by atoms with Crippen LogP contribution in [0.15, 0.2) is 18.6 Å². The number of hydrogen-bond donors (Lipinski definition) is 0. The third kappa shape index (κ3) is 0.886. The SMILES string of the molecule is Cc1cnc2c(Cl)nccn12. The van der Waals surface area contributed by atoms with Crippen molar-refractivity contribution in [1.82, 2.24) is 14.4 Å². The van der Waals surface area contributed by atoms with Crippen LogP contribution in [0.1, 0.15) is 5.69 Å². The minimum Gasteiger partial charge on any atom is -0.300 e. The van der Waals surface area contributed by atoms with Crippen LogP contribution < -0.4 is 0 Å². The highest BCUT2D eigenvalue weighted by Gasteiger charge is 2.01. The Morgan fingerprint density at radius 1 is 1.45 bits per heavy atom. The first kappa shape index (κ1) is 6.61. The first-order chi connectivity index (χ1) is 5.29. The summed E-state index contributed by atoms with van der Waals surface area (Å²) >= 11 is 5.78. The van der Waals surface area contributed by atoms with E-state index >= 15 is 0 Å². The van der Waals surface area contributed by atoms with E-state index < -0.39 is 0 Å². The van der Waals surface area contributed by atoms with Gasteiger partial charge in [0.25, 0.3) is 0 Å². The molecule has 0 bridgehead atoms. The Balaban J connectivity index is 2.94. The summed E-state index contributed by atoms with van der Waals surface area (Å²) in [5.74, 6) is 0. The molecule has 0 radical (unpaired) electrons. The molecule has 3 nitrogen and oxygen atoms in total. The number of nitrogens with zero attached hydrogens (tertiary/aromatic N) is 3. The minimum absolute atomic E-state index is 0.445. The summed E-state index contributed by atoms with van der Waals surface area (Å²) < 4.78 is 1.90. The lowest BCUT2D eigenvalue weighted by Crippen LogP contribution is -1.88. The van der Waals surface area contributed by atoms with Gasteiger partial charge in [0.1, 0.15) is 0 Å². The van der Waals surface area contributed by atoms with E-state index in [4.69, 9.17) is 11.6 Å². The van der Waals surface area contributed by atoms with Crippen molar-refractivity contribution in [2.75, 3.05) is 0 Å². The monoisotopic (exact) mass is 167 g/mol. The molecule has 2 heterocycles. The molecule has 0 aliphatic carbocycles. The van der Waals surface area contributed by atoms with Crippen molar-refractivity contribution in [3.8, 4) is 0 Å². The van der Waals surface area contributed by atoms with E-state index in [1.54, 1.807) is 12.4 Å². The molecular formula is C7H6ClN3. The molecule has 0 aliphatic rings. The van der Waals surface area contributed by atoms with Crippen molar-refractivity contribution >= 4 is 17.2 Å². The lowest BCUT2D eigenvalue weighted by molar-refractivity contribution is 1.07. The number of imidazole rings is 1. The molecule has 0 unspecified atom stereocenters. The van der Waals surface area contributed by atoms with Crippen molar-refractivity contribution in [3.05, 3.63) is 29.4 Å². The Labute approximate surface area is 68.7 Å². The fourth-order valence-corrected chi connectivity index (χ4v) is 1.21. The predicted molar refractivity (Wildman–Crippen MR) is 42.7 cm³/mol. The van der Waals surface area contributed by atoms with Crippen LogP contribution in [0.25, 0.3) is 5.65 Å². The standard InChI is InChI=1S/C7H6ClN3/c1-5-4-10-7-6(8)9-2-3-11(5)7/h2-4H,1H3. The van der Waals surface area contributed by atoms with Crippen LogP contribution in [0.2, 0.25) is 5.15 Å². The number of rotatable bonds is 0. The Morgan fingerprint density at radius 3 is 3.00 bits per heavy atom. The number of fused-ring (bicyclic) bond motifs is 1. The highest BCUT2D eigenvalue weighted by Crippen LogP contribution is 2.12. The van der Waals surface area contributed by atoms with Crippen LogP contribution >= 0.6 is 11.6 Å². The molecule has 0 amide bonds. The molecule has 0 saturated heterocycles. The van der Waals surface area contributed by atoms with E-state index in [9.17, 15) is 0 Å². The van der Waals surface area contributed by atoms with Gasteiger partial charge in [-0.1, -0.05) is 11.6 Å². The molecule has 2 aromatic rings. The fourth-order valence-electron chi connectivity index (χ4n) is 1.01. The second-order valence-corrected chi connectivity index (χ2v) is 2.67. The number of aryl methyl sites for hydroxylation is 1. The molecule has 0 spiro atoms. The summed E-state index contributed by atoms with van der Waals surface area (Å²) in [6, 6.07) is 0. The van der Waals surface area contributed by atoms with Gasteiger partial charge in [-0.3, -0.25) is 0 Å². The number of halogens is 1. The summed E-state index contributed by atoms with van der Waals surface area (Å²) in [7, 11) is 0. The number of aromatic nitrogens is 3. The first-order valence-electron chi connectivity index (χ1n) is 3.23. The van der Waals surface area contributed by atoms with Crippen molar-refractivity contribution in [1.29, 1.82) is 0 Å². The lowest BCUT2D eigenvalue weighted by Gasteiger charge is -1.94. The average molecular weight is 168 g/mol. The van der Waals surface area contributed by atoms with E-state index in [1.807, 2.05) is 17.5 Å². The zero-order chi connectivity index (χ0) is 7.84. The van der Waals surface area contributed by atoms with Gasteiger partial charge in [0, 0.05) is 24.3 Å². The van der Waals surface area contributed by atoms with E-state index in [-0.39, 0.29) is 0 Å². The van der Waals surface area contributed by atoms with E-state index in [1.165, 1.54) is 0 Å². The van der Waals surface area contributed by atoms with E-state index in [0.29, 0.717) is 10.8 Å². The van der Waals surface area contributed by atoms with Gasteiger partial charge in [-0.2, -0.15) is 0 Å². The molecule has 2 aromatic heterocycles. The number of hydrogen-bond acceptors (Lipinski definition) is 2. The summed E-state index contributed by atoms with van der Waals surface area (Å²) in [5, 5.41) is 0.445. The smallest absolute Gasteiger partial charge is 0.175 e. The van der Waals surface area contributed by atoms with Crippen molar-refractivity contribution in [2.24, 2.45) is 0 Å². The highest BCUT2D eigenvalue weighted by molar-refractivity contribution is 6.32. The molecule has 0 N–H and O–H groups in total. The average Bonchev–Trinajstić information content (AvgIpc) is 2.35. The van der Waals surface area contributed by atoms with Crippen molar-refractivity contribution in [3.63, 3.8) is 0 Å². The maximum Gasteiger partial charge on any atom is 0.175 e. The Hall–Kier alpha value is -1.09. The molecule has 0 saturated carbocycles. The van der Waals surface area contributed by atoms with E-state index in [2.05, 4.69) is 9.97 Å². The molecule has 56 valence electrons. The molecule has 0 aromatic carbocycles. The summed E-state index contributed by atoms with van der Waals surface area (Å²) in [5.41, 5.74) is 1.77. The van der Waals surface area contributed by atoms with E-state index in [0.717, 1.165) is 5.69 Å². The first-order valence-corrected chi connectivity index (χ1v) is 3.61. The van der Waals surface area contributed by atoms with Gasteiger partial charge in [-0.15, -0.1) is 0 Å². The third-order valence-corrected chi connectivity index (χ3v) is 1.84. The van der Waals surface area contributed by atoms with Gasteiger partial charge < -0.3 is 4.40 Å². The van der Waals surface area contributed by atoms with Crippen molar-refractivity contribution in [2.45, 2.75) is 6.92 Å². The van der Waals surface area contributed by atoms with Gasteiger partial charge >= 0.3 is 0 Å². The van der Waals surface area contributed by atoms with Crippen LogP contribution in [0.3, 0.4) is 0 Å². The Kier molecular flexibility index (Phi) is 1.32. The van der Waals surface area contributed by atoms with Crippen LogP contribution in [-0.2, 0) is 0 Å². The highest BCUT2D eigenvalue weighted by atomic mass is 35.5. The van der Waals surface area contributed by atoms with Gasteiger partial charge in [-0.25, -0.2) is 9.97 Å². The minimum atomic E-state index is 0.445. The molecule has 0 aliphatic heterocycles. The summed E-state index contributed by atoms with van der Waals surface area (Å²) in [6.45, 7) is 1.97. The zero-order valence-corrected chi connectivity index (χ0v) is 6.71. The quantitative estimate of drug-likeness (QED) is 0.598. The summed E-state index contributed by atoms with van der Waals surface area (Å²) in [6.07, 6.45) is 5.26. The molecule has 2 rings (SSSR count). The van der Waals surface area contributed by atoms with Crippen molar-refractivity contribution < 1.29 is 0 Å². The van der Waals surface area contributed by atoms with Gasteiger partial charge in [0.05, 0.1) is 0 Å². The van der Waals surface area contributed by atoms with Crippen LogP contribution in [0.4, 0.5) is 0 Å². The predicted octanol–water partition coefficient (Wildman–Crippen LogP) is 1.69. The molecule has 0 fully saturated rings. The fraction of sp³-hybridized carbons (Fsp3) is 0.143. The van der Waals surface area contributed by atoms with Crippen LogP contribution in [-0.4, -0.2) is 14.4 Å². The van der Waals surface area contributed by atoms with Gasteiger partial charge in [0.15, 0.2) is 10.8 Å². The molecule has 11 heavy (non-hydrogen) atoms. The molecule has 4 heteroatoms. The largest absolute Gasteiger partial charge is 0.300 e. The zero-order valence-electron chi connectivity index (χ0n) is 5.95. The third-order valence-electron chi connectivity index (χ3n) is 1.57. The Morgan fingerprint density at radius 2 is 2.27 bits per heavy atom. The molecular weight excluding hydrogens is 162 g/mol. The van der Waals surface area contributed by atoms with Gasteiger partial charge in [0.2, 0.25) is 0 Å². The second kappa shape index (κ2) is 2.20. The van der Waals surface area contributed by atoms with Crippen LogP contribution in [0.5, 0.6) is 0 Å². The topological polar surface area (TPSA) is 30.2 Å². The maximum atomic E-state index is 5.78. The molecule has 0 atom stereocenters. The maximum absolute atomic E-state index is 5.78. The second-order valence-electron chi connectivity index (χ2n) is 2.31. The Bertz CT molecular complexity index is 393. The van der Waals surface area contributed by atoms with Gasteiger partial charge in [-0.05, 0) is 6.92 Å². The normalized spacial score (nSPS) is 10.7. The summed E-state index contributed by atoms with van der Waals surface area (Å²) in [4.78, 5) is 7.99.